The van der Waals surface area contributed by atoms with E-state index in [2.05, 4.69) is 28.0 Å². The zero-order valence-corrected chi connectivity index (χ0v) is 10.6. The van der Waals surface area contributed by atoms with Gasteiger partial charge in [-0.1, -0.05) is 12.1 Å². The van der Waals surface area contributed by atoms with E-state index in [1.807, 2.05) is 12.1 Å². The molecule has 0 aliphatic carbocycles. The minimum Gasteiger partial charge on any atom is -0.316 e. The zero-order chi connectivity index (χ0) is 13.5. The van der Waals surface area contributed by atoms with Gasteiger partial charge in [0.15, 0.2) is 0 Å². The summed E-state index contributed by atoms with van der Waals surface area (Å²) in [6.45, 7) is 2.13. The second-order valence-electron chi connectivity index (χ2n) is 4.46. The van der Waals surface area contributed by atoms with Crippen molar-refractivity contribution < 1.29 is 0 Å². The molecule has 0 amide bonds. The van der Waals surface area contributed by atoms with Crippen molar-refractivity contribution >= 4 is 11.4 Å². The summed E-state index contributed by atoms with van der Waals surface area (Å²) in [6.07, 6.45) is 2.42. The first-order valence-electron chi connectivity index (χ1n) is 6.28. The summed E-state index contributed by atoms with van der Waals surface area (Å²) < 4.78 is 0. The van der Waals surface area contributed by atoms with E-state index >= 15 is 0 Å². The highest BCUT2D eigenvalue weighted by Crippen LogP contribution is 2.24. The molecule has 5 heteroatoms. The van der Waals surface area contributed by atoms with Crippen molar-refractivity contribution in [1.82, 2.24) is 5.32 Å². The Morgan fingerprint density at radius 3 is 2.58 bits per heavy atom. The molecule has 0 spiro atoms. The number of rotatable bonds is 3. The van der Waals surface area contributed by atoms with Gasteiger partial charge in [-0.15, -0.1) is 0 Å². The lowest BCUT2D eigenvalue weighted by Gasteiger charge is -2.23. The topological polar surface area (TPSA) is 84.0 Å². The van der Waals surface area contributed by atoms with Gasteiger partial charge in [-0.2, -0.15) is 15.6 Å². The highest BCUT2D eigenvalue weighted by Gasteiger charge is 2.14. The summed E-state index contributed by atoms with van der Waals surface area (Å²) in [5, 5.41) is 24.2. The van der Waals surface area contributed by atoms with Crippen molar-refractivity contribution in [2.75, 3.05) is 18.5 Å². The van der Waals surface area contributed by atoms with Crippen LogP contribution in [0.4, 0.5) is 5.69 Å². The van der Waals surface area contributed by atoms with Crippen LogP contribution in [0.15, 0.2) is 29.4 Å². The van der Waals surface area contributed by atoms with E-state index in [9.17, 15) is 0 Å². The Kier molecular flexibility index (Phi) is 4.49. The molecule has 1 aromatic carbocycles. The number of hydrogen-bond acceptors (Lipinski definition) is 5. The summed E-state index contributed by atoms with van der Waals surface area (Å²) in [6, 6.07) is 11.4. The fourth-order valence-corrected chi connectivity index (χ4v) is 2.16. The molecule has 19 heavy (non-hydrogen) atoms. The third-order valence-electron chi connectivity index (χ3n) is 3.19. The normalized spacial score (nSPS) is 17.9. The zero-order valence-electron chi connectivity index (χ0n) is 10.6. The largest absolute Gasteiger partial charge is 0.316 e. The van der Waals surface area contributed by atoms with Gasteiger partial charge in [0.1, 0.15) is 12.1 Å². The van der Waals surface area contributed by atoms with Crippen LogP contribution < -0.4 is 10.7 Å². The molecule has 1 unspecified atom stereocenters. The van der Waals surface area contributed by atoms with Crippen molar-refractivity contribution in [2.45, 2.75) is 18.8 Å². The van der Waals surface area contributed by atoms with Crippen molar-refractivity contribution in [3.63, 3.8) is 0 Å². The van der Waals surface area contributed by atoms with Crippen LogP contribution in [0.25, 0.3) is 0 Å². The first-order chi connectivity index (χ1) is 9.33. The standard InChI is InChI=1S/C14H15N5/c15-8-14(9-16)19-18-13-5-3-11(4-6-13)12-2-1-7-17-10-12/h3-6,12,17-18H,1-2,7,10H2. The van der Waals surface area contributed by atoms with E-state index in [0.717, 1.165) is 18.8 Å². The van der Waals surface area contributed by atoms with E-state index in [0.29, 0.717) is 5.92 Å². The van der Waals surface area contributed by atoms with Crippen LogP contribution in [-0.2, 0) is 0 Å². The van der Waals surface area contributed by atoms with Gasteiger partial charge in [0, 0.05) is 6.54 Å². The quantitative estimate of drug-likeness (QED) is 0.637. The van der Waals surface area contributed by atoms with Crippen LogP contribution in [0.1, 0.15) is 24.3 Å². The molecule has 0 bridgehead atoms. The monoisotopic (exact) mass is 253 g/mol. The van der Waals surface area contributed by atoms with Crippen LogP contribution in [0.5, 0.6) is 0 Å². The number of anilines is 1. The Morgan fingerprint density at radius 1 is 1.26 bits per heavy atom. The molecule has 1 aliphatic heterocycles. The van der Waals surface area contributed by atoms with Crippen molar-refractivity contribution in [1.29, 1.82) is 10.5 Å². The number of piperidine rings is 1. The predicted octanol–water partition coefficient (Wildman–Crippen LogP) is 1.97. The smallest absolute Gasteiger partial charge is 0.237 e. The first-order valence-corrected chi connectivity index (χ1v) is 6.28. The number of hydrogen-bond donors (Lipinski definition) is 2. The summed E-state index contributed by atoms with van der Waals surface area (Å²) in [5.74, 6) is 0.570. The molecule has 0 radical (unpaired) electrons. The minimum absolute atomic E-state index is 0.180. The van der Waals surface area contributed by atoms with Crippen LogP contribution in [-0.4, -0.2) is 18.8 Å². The average molecular weight is 253 g/mol. The molecule has 1 aliphatic rings. The molecule has 2 N–H and O–H groups in total. The van der Waals surface area contributed by atoms with Crippen LogP contribution in [0.2, 0.25) is 0 Å². The average Bonchev–Trinajstić information content (AvgIpc) is 2.50. The molecule has 1 saturated heterocycles. The third kappa shape index (κ3) is 3.54. The van der Waals surface area contributed by atoms with E-state index in [1.54, 1.807) is 12.1 Å². The highest BCUT2D eigenvalue weighted by atomic mass is 15.3. The summed E-state index contributed by atoms with van der Waals surface area (Å²) >= 11 is 0. The van der Waals surface area contributed by atoms with Crippen molar-refractivity contribution in [3.8, 4) is 12.1 Å². The van der Waals surface area contributed by atoms with Crippen LogP contribution >= 0.6 is 0 Å². The number of hydrazone groups is 1. The molecule has 96 valence electrons. The minimum atomic E-state index is -0.180. The van der Waals surface area contributed by atoms with Crippen LogP contribution in [0, 0.1) is 22.7 Å². The van der Waals surface area contributed by atoms with E-state index in [4.69, 9.17) is 10.5 Å². The maximum absolute atomic E-state index is 8.57. The van der Waals surface area contributed by atoms with Crippen molar-refractivity contribution in [3.05, 3.63) is 29.8 Å². The van der Waals surface area contributed by atoms with Gasteiger partial charge >= 0.3 is 0 Å². The van der Waals surface area contributed by atoms with Gasteiger partial charge in [-0.25, -0.2) is 0 Å². The van der Waals surface area contributed by atoms with Crippen LogP contribution in [0.3, 0.4) is 0 Å². The summed E-state index contributed by atoms with van der Waals surface area (Å²) in [7, 11) is 0. The predicted molar refractivity (Wildman–Crippen MR) is 73.6 cm³/mol. The second-order valence-corrected chi connectivity index (χ2v) is 4.46. The summed E-state index contributed by atoms with van der Waals surface area (Å²) in [4.78, 5) is 0. The molecule has 1 fully saturated rings. The Labute approximate surface area is 112 Å². The maximum atomic E-state index is 8.57. The fraction of sp³-hybridized carbons (Fsp3) is 0.357. The Bertz CT molecular complexity index is 510. The Hall–Kier alpha value is -2.37. The summed E-state index contributed by atoms with van der Waals surface area (Å²) in [5.41, 5.74) is 4.61. The molecule has 5 nitrogen and oxygen atoms in total. The number of nitrogens with zero attached hydrogens (tertiary/aromatic N) is 3. The first kappa shape index (κ1) is 13.1. The van der Waals surface area contributed by atoms with E-state index in [1.165, 1.54) is 18.4 Å². The molecule has 0 aromatic heterocycles. The second kappa shape index (κ2) is 6.53. The SMILES string of the molecule is N#CC(C#N)=NNc1ccc(C2CCCNC2)cc1. The van der Waals surface area contributed by atoms with Gasteiger partial charge in [-0.05, 0) is 43.0 Å². The lowest BCUT2D eigenvalue weighted by Crippen LogP contribution is -2.28. The number of nitrogens with one attached hydrogen (secondary N) is 2. The molecule has 1 atom stereocenters. The maximum Gasteiger partial charge on any atom is 0.237 e. The lowest BCUT2D eigenvalue weighted by molar-refractivity contribution is 0.461. The van der Waals surface area contributed by atoms with E-state index < -0.39 is 0 Å². The van der Waals surface area contributed by atoms with Gasteiger partial charge in [-0.3, -0.25) is 5.43 Å². The molecule has 1 aromatic rings. The van der Waals surface area contributed by atoms with Gasteiger partial charge in [0.2, 0.25) is 5.71 Å². The molecule has 1 heterocycles. The van der Waals surface area contributed by atoms with Gasteiger partial charge in [0.05, 0.1) is 5.69 Å². The Morgan fingerprint density at radius 2 is 2.00 bits per heavy atom. The van der Waals surface area contributed by atoms with E-state index in [-0.39, 0.29) is 5.71 Å². The molecular weight excluding hydrogens is 238 g/mol. The molecule has 0 saturated carbocycles. The fourth-order valence-electron chi connectivity index (χ4n) is 2.16. The van der Waals surface area contributed by atoms with Gasteiger partial charge in [0.25, 0.3) is 0 Å². The van der Waals surface area contributed by atoms with Gasteiger partial charge < -0.3 is 5.32 Å². The lowest BCUT2D eigenvalue weighted by atomic mass is 9.92. The highest BCUT2D eigenvalue weighted by molar-refractivity contribution is 6.10. The third-order valence-corrected chi connectivity index (χ3v) is 3.19. The molecule has 2 rings (SSSR count). The number of benzene rings is 1. The van der Waals surface area contributed by atoms with Crippen molar-refractivity contribution in [2.24, 2.45) is 5.10 Å². The Balaban J connectivity index is 2.01. The molecular formula is C14H15N5. The number of nitriles is 2.